The number of rotatable bonds is 5. The number of carbonyl (C=O) groups excluding carboxylic acids is 1. The van der Waals surface area contributed by atoms with Crippen molar-refractivity contribution in [3.63, 3.8) is 0 Å². The number of halogens is 3. The Morgan fingerprint density at radius 2 is 1.86 bits per heavy atom. The predicted octanol–water partition coefficient (Wildman–Crippen LogP) is 5.52. The Balaban J connectivity index is 2.04. The number of thiophene rings is 1. The van der Waals surface area contributed by atoms with Crippen molar-refractivity contribution in [2.75, 3.05) is 5.32 Å². The molecule has 0 fully saturated rings. The van der Waals surface area contributed by atoms with Crippen molar-refractivity contribution in [1.82, 2.24) is 0 Å². The lowest BCUT2D eigenvalue weighted by molar-refractivity contribution is -0.384. The van der Waals surface area contributed by atoms with Gasteiger partial charge < -0.3 is 5.32 Å². The van der Waals surface area contributed by atoms with Crippen molar-refractivity contribution in [2.45, 2.75) is 6.18 Å². The van der Waals surface area contributed by atoms with E-state index in [1.54, 1.807) is 17.5 Å². The fourth-order valence-corrected chi connectivity index (χ4v) is 3.39. The molecule has 2 aromatic carbocycles. The van der Waals surface area contributed by atoms with Gasteiger partial charge in [0.25, 0.3) is 5.69 Å². The summed E-state index contributed by atoms with van der Waals surface area (Å²) in [5.74, 6) is -0.478. The van der Waals surface area contributed by atoms with Crippen LogP contribution in [0.4, 0.5) is 30.2 Å². The molecule has 0 spiro atoms. The van der Waals surface area contributed by atoms with Crippen molar-refractivity contribution in [3.05, 3.63) is 85.6 Å². The van der Waals surface area contributed by atoms with E-state index >= 15 is 0 Å². The molecule has 10 heteroatoms. The molecule has 1 N–H and O–H groups in total. The van der Waals surface area contributed by atoms with Crippen LogP contribution in [0.5, 0.6) is 0 Å². The topological polar surface area (TPSA) is 96.0 Å². The van der Waals surface area contributed by atoms with Crippen LogP contribution in [0.25, 0.3) is 0 Å². The van der Waals surface area contributed by atoms with Crippen LogP contribution >= 0.6 is 11.3 Å². The van der Waals surface area contributed by atoms with E-state index in [0.29, 0.717) is 12.1 Å². The lowest BCUT2D eigenvalue weighted by Crippen LogP contribution is -2.08. The van der Waals surface area contributed by atoms with Crippen molar-refractivity contribution in [3.8, 4) is 6.07 Å². The summed E-state index contributed by atoms with van der Waals surface area (Å²) in [4.78, 5) is 23.4. The molecule has 0 aliphatic carbocycles. The summed E-state index contributed by atoms with van der Waals surface area (Å²) in [6.45, 7) is 0. The molecular weight excluding hydrogens is 407 g/mol. The number of hydrogen-bond donors (Lipinski definition) is 1. The molecule has 0 unspecified atom stereocenters. The van der Waals surface area contributed by atoms with Crippen LogP contribution in [0.3, 0.4) is 0 Å². The smallest absolute Gasteiger partial charge is 0.349 e. The molecule has 146 valence electrons. The van der Waals surface area contributed by atoms with Crippen LogP contribution in [0.15, 0.2) is 53.9 Å². The van der Waals surface area contributed by atoms with E-state index in [1.807, 2.05) is 6.07 Å². The molecule has 1 aromatic heterocycles. The fourth-order valence-electron chi connectivity index (χ4n) is 2.60. The van der Waals surface area contributed by atoms with Gasteiger partial charge in [0.1, 0.15) is 11.8 Å². The highest BCUT2D eigenvalue weighted by Gasteiger charge is 2.33. The number of alkyl halides is 3. The second-order valence-electron chi connectivity index (χ2n) is 5.76. The molecule has 0 bridgehead atoms. The third kappa shape index (κ3) is 4.09. The third-order valence-corrected chi connectivity index (χ3v) is 4.87. The molecule has 1 heterocycles. The summed E-state index contributed by atoms with van der Waals surface area (Å²) in [5, 5.41) is 24.7. The average molecular weight is 417 g/mol. The number of nitro benzene ring substituents is 1. The Morgan fingerprint density at radius 1 is 1.14 bits per heavy atom. The second-order valence-corrected chi connectivity index (χ2v) is 6.68. The van der Waals surface area contributed by atoms with Crippen molar-refractivity contribution >= 4 is 34.2 Å². The highest BCUT2D eigenvalue weighted by atomic mass is 32.1. The van der Waals surface area contributed by atoms with Crippen molar-refractivity contribution < 1.29 is 22.9 Å². The zero-order valence-electron chi connectivity index (χ0n) is 14.4. The minimum atomic E-state index is -4.73. The maximum atomic E-state index is 12.9. The Labute approximate surface area is 166 Å². The molecular formula is C19H10F3N3O3S. The largest absolute Gasteiger partial charge is 0.416 e. The van der Waals surface area contributed by atoms with Crippen molar-refractivity contribution in [1.29, 1.82) is 5.26 Å². The van der Waals surface area contributed by atoms with Crippen LogP contribution in [0.1, 0.15) is 26.4 Å². The molecule has 3 aromatic rings. The molecule has 0 saturated heterocycles. The third-order valence-electron chi connectivity index (χ3n) is 3.95. The first-order chi connectivity index (χ1) is 13.7. The van der Waals surface area contributed by atoms with E-state index in [1.165, 1.54) is 18.2 Å². The van der Waals surface area contributed by atoms with Crippen LogP contribution < -0.4 is 5.32 Å². The number of nitro groups is 1. The van der Waals surface area contributed by atoms with Crippen LogP contribution in [0, 0.1) is 21.4 Å². The van der Waals surface area contributed by atoms with Crippen molar-refractivity contribution in [2.24, 2.45) is 0 Å². The Bertz CT molecular complexity index is 1150. The molecule has 0 radical (unpaired) electrons. The highest BCUT2D eigenvalue weighted by molar-refractivity contribution is 7.12. The van der Waals surface area contributed by atoms with E-state index in [-0.39, 0.29) is 27.4 Å². The van der Waals surface area contributed by atoms with E-state index in [9.17, 15) is 28.1 Å². The Kier molecular flexibility index (Phi) is 5.34. The standard InChI is InChI=1S/C19H10F3N3O3S/c20-19(21,22)12-5-6-15(16(9-12)25(27)28)24-14-4-2-1-3-13(14)17(26)18-11(10-23)7-8-29-18/h1-9,24H. The monoisotopic (exact) mass is 417 g/mol. The van der Waals surface area contributed by atoms with E-state index in [2.05, 4.69) is 5.32 Å². The number of benzene rings is 2. The number of nitriles is 1. The fraction of sp³-hybridized carbons (Fsp3) is 0.0526. The van der Waals surface area contributed by atoms with Gasteiger partial charge in [-0.3, -0.25) is 14.9 Å². The van der Waals surface area contributed by atoms with E-state index in [4.69, 9.17) is 5.26 Å². The average Bonchev–Trinajstić information content (AvgIpc) is 3.16. The summed E-state index contributed by atoms with van der Waals surface area (Å²) >= 11 is 1.07. The van der Waals surface area contributed by atoms with Gasteiger partial charge in [-0.25, -0.2) is 0 Å². The lowest BCUT2D eigenvalue weighted by Gasteiger charge is -2.13. The van der Waals surface area contributed by atoms with Gasteiger partial charge >= 0.3 is 6.18 Å². The quantitative estimate of drug-likeness (QED) is 0.335. The molecule has 3 rings (SSSR count). The first-order valence-corrected chi connectivity index (χ1v) is 8.84. The van der Waals surface area contributed by atoms with Gasteiger partial charge in [-0.1, -0.05) is 12.1 Å². The van der Waals surface area contributed by atoms with E-state index < -0.39 is 28.1 Å². The summed E-state index contributed by atoms with van der Waals surface area (Å²) in [6, 6.07) is 11.6. The SMILES string of the molecule is N#Cc1ccsc1C(=O)c1ccccc1Nc1ccc(C(F)(F)F)cc1[N+](=O)[O-]. The van der Waals surface area contributed by atoms with Gasteiger partial charge in [0, 0.05) is 17.3 Å². The summed E-state index contributed by atoms with van der Waals surface area (Å²) in [6.07, 6.45) is -4.73. The number of nitrogens with zero attached hydrogens (tertiary/aromatic N) is 2. The Morgan fingerprint density at radius 3 is 2.52 bits per heavy atom. The van der Waals surface area contributed by atoms with Gasteiger partial charge in [-0.15, -0.1) is 11.3 Å². The number of anilines is 2. The van der Waals surface area contributed by atoms with Gasteiger partial charge in [0.2, 0.25) is 5.78 Å². The molecule has 0 amide bonds. The minimum absolute atomic E-state index is 0.126. The molecule has 29 heavy (non-hydrogen) atoms. The molecule has 6 nitrogen and oxygen atoms in total. The molecule has 0 aliphatic heterocycles. The van der Waals surface area contributed by atoms with Gasteiger partial charge in [0.15, 0.2) is 0 Å². The van der Waals surface area contributed by atoms with Gasteiger partial charge in [-0.2, -0.15) is 18.4 Å². The first kappa shape index (κ1) is 20.0. The molecule has 0 atom stereocenters. The maximum Gasteiger partial charge on any atom is 0.416 e. The number of carbonyl (C=O) groups is 1. The van der Waals surface area contributed by atoms with Crippen LogP contribution in [-0.4, -0.2) is 10.7 Å². The zero-order valence-corrected chi connectivity index (χ0v) is 15.2. The normalized spacial score (nSPS) is 11.0. The molecule has 0 aliphatic rings. The van der Waals surface area contributed by atoms with Crippen LogP contribution in [-0.2, 0) is 6.18 Å². The number of hydrogen-bond acceptors (Lipinski definition) is 6. The first-order valence-electron chi connectivity index (χ1n) is 7.96. The zero-order chi connectivity index (χ0) is 21.2. The maximum absolute atomic E-state index is 12.9. The van der Waals surface area contributed by atoms with Crippen LogP contribution in [0.2, 0.25) is 0 Å². The predicted molar refractivity (Wildman–Crippen MR) is 100 cm³/mol. The van der Waals surface area contributed by atoms with E-state index in [0.717, 1.165) is 17.4 Å². The Hall–Kier alpha value is -3.71. The summed E-state index contributed by atoms with van der Waals surface area (Å²) in [7, 11) is 0. The molecule has 0 saturated carbocycles. The minimum Gasteiger partial charge on any atom is -0.349 e. The van der Waals surface area contributed by atoms with Gasteiger partial charge in [-0.05, 0) is 35.7 Å². The number of nitrogens with one attached hydrogen (secondary N) is 1. The summed E-state index contributed by atoms with van der Waals surface area (Å²) in [5.41, 5.74) is -1.66. The van der Waals surface area contributed by atoms with Gasteiger partial charge in [0.05, 0.1) is 20.9 Å². The number of para-hydroxylation sites is 1. The highest BCUT2D eigenvalue weighted by Crippen LogP contribution is 2.37. The second kappa shape index (κ2) is 7.73. The number of ketones is 1. The summed E-state index contributed by atoms with van der Waals surface area (Å²) < 4.78 is 38.6. The lowest BCUT2D eigenvalue weighted by atomic mass is 10.0.